The van der Waals surface area contributed by atoms with Gasteiger partial charge in [-0.3, -0.25) is 4.98 Å². The first kappa shape index (κ1) is 13.8. The Labute approximate surface area is 132 Å². The van der Waals surface area contributed by atoms with Crippen molar-refractivity contribution in [3.05, 3.63) is 65.4 Å². The highest BCUT2D eigenvalue weighted by molar-refractivity contribution is 7.80. The number of rotatable bonds is 3. The number of thiocarbonyl (C=S) groups is 1. The van der Waals surface area contributed by atoms with Crippen molar-refractivity contribution in [3.8, 4) is 0 Å². The second kappa shape index (κ2) is 5.68. The number of anilines is 2. The number of nitrogens with one attached hydrogen (secondary N) is 1. The van der Waals surface area contributed by atoms with E-state index in [0.717, 1.165) is 22.1 Å². The molecule has 0 saturated heterocycles. The third-order valence-electron chi connectivity index (χ3n) is 3.21. The van der Waals surface area contributed by atoms with Crippen LogP contribution < -0.4 is 11.1 Å². The van der Waals surface area contributed by atoms with Crippen LogP contribution in [0, 0.1) is 0 Å². The van der Waals surface area contributed by atoms with Gasteiger partial charge in [-0.2, -0.15) is 0 Å². The molecule has 3 aromatic rings. The van der Waals surface area contributed by atoms with Crippen LogP contribution in [0.25, 0.3) is 10.8 Å². The number of aromatic nitrogens is 1. The quantitative estimate of drug-likeness (QED) is 0.709. The SMILES string of the molecule is NC(=S)c1c(Cl)cccc1Nc1cccc2ccncc12. The molecule has 0 atom stereocenters. The molecule has 1 heterocycles. The molecule has 0 spiro atoms. The summed E-state index contributed by atoms with van der Waals surface area (Å²) in [6, 6.07) is 13.5. The fraction of sp³-hybridized carbons (Fsp3) is 0. The molecule has 0 unspecified atom stereocenters. The maximum Gasteiger partial charge on any atom is 0.107 e. The summed E-state index contributed by atoms with van der Waals surface area (Å²) in [6.07, 6.45) is 3.59. The molecule has 0 aliphatic carbocycles. The Balaban J connectivity index is 2.12. The van der Waals surface area contributed by atoms with Gasteiger partial charge in [0.25, 0.3) is 0 Å². The zero-order valence-corrected chi connectivity index (χ0v) is 12.6. The topological polar surface area (TPSA) is 50.9 Å². The summed E-state index contributed by atoms with van der Waals surface area (Å²) in [7, 11) is 0. The lowest BCUT2D eigenvalue weighted by molar-refractivity contribution is 1.36. The highest BCUT2D eigenvalue weighted by Gasteiger charge is 2.11. The molecule has 0 fully saturated rings. The van der Waals surface area contributed by atoms with Gasteiger partial charge in [-0.15, -0.1) is 0 Å². The van der Waals surface area contributed by atoms with Crippen molar-refractivity contribution in [2.75, 3.05) is 5.32 Å². The number of fused-ring (bicyclic) bond motifs is 1. The van der Waals surface area contributed by atoms with Crippen molar-refractivity contribution in [2.45, 2.75) is 0 Å². The van der Waals surface area contributed by atoms with Crippen LogP contribution in [0.1, 0.15) is 5.56 Å². The Morgan fingerprint density at radius 1 is 1.10 bits per heavy atom. The standard InChI is InChI=1S/C16H12ClN3S/c17-12-4-2-6-14(15(12)16(18)21)20-13-5-1-3-10-7-8-19-9-11(10)13/h1-9,20H,(H2,18,21). The lowest BCUT2D eigenvalue weighted by atomic mass is 10.1. The maximum absolute atomic E-state index is 6.19. The van der Waals surface area contributed by atoms with Gasteiger partial charge < -0.3 is 11.1 Å². The van der Waals surface area contributed by atoms with E-state index in [2.05, 4.69) is 10.3 Å². The number of pyridine rings is 1. The van der Waals surface area contributed by atoms with Crippen LogP contribution >= 0.6 is 23.8 Å². The maximum atomic E-state index is 6.19. The van der Waals surface area contributed by atoms with Crippen LogP contribution in [0.2, 0.25) is 5.02 Å². The van der Waals surface area contributed by atoms with Gasteiger partial charge >= 0.3 is 0 Å². The molecular formula is C16H12ClN3S. The van der Waals surface area contributed by atoms with Gasteiger partial charge in [0.05, 0.1) is 16.3 Å². The van der Waals surface area contributed by atoms with E-state index in [-0.39, 0.29) is 4.99 Å². The number of hydrogen-bond donors (Lipinski definition) is 2. The number of nitrogens with zero attached hydrogens (tertiary/aromatic N) is 1. The Kier molecular flexibility index (Phi) is 3.73. The number of benzene rings is 2. The Hall–Kier alpha value is -2.17. The molecule has 0 saturated carbocycles. The number of nitrogens with two attached hydrogens (primary N) is 1. The van der Waals surface area contributed by atoms with E-state index in [4.69, 9.17) is 29.6 Å². The van der Waals surface area contributed by atoms with Crippen molar-refractivity contribution < 1.29 is 0 Å². The van der Waals surface area contributed by atoms with Crippen molar-refractivity contribution in [2.24, 2.45) is 5.73 Å². The summed E-state index contributed by atoms with van der Waals surface area (Å²) in [4.78, 5) is 4.44. The largest absolute Gasteiger partial charge is 0.389 e. The monoisotopic (exact) mass is 313 g/mol. The van der Waals surface area contributed by atoms with E-state index in [1.54, 1.807) is 12.3 Å². The summed E-state index contributed by atoms with van der Waals surface area (Å²) in [5.41, 5.74) is 8.14. The van der Waals surface area contributed by atoms with E-state index < -0.39 is 0 Å². The van der Waals surface area contributed by atoms with Crippen molar-refractivity contribution in [1.29, 1.82) is 0 Å². The minimum atomic E-state index is 0.265. The van der Waals surface area contributed by atoms with Crippen molar-refractivity contribution in [1.82, 2.24) is 4.98 Å². The smallest absolute Gasteiger partial charge is 0.107 e. The molecule has 0 amide bonds. The summed E-state index contributed by atoms with van der Waals surface area (Å²) in [6.45, 7) is 0. The molecular weight excluding hydrogens is 302 g/mol. The fourth-order valence-electron chi connectivity index (χ4n) is 2.25. The number of halogens is 1. The first-order chi connectivity index (χ1) is 10.2. The Morgan fingerprint density at radius 2 is 1.86 bits per heavy atom. The first-order valence-corrected chi connectivity index (χ1v) is 7.13. The van der Waals surface area contributed by atoms with Crippen LogP contribution in [0.15, 0.2) is 54.9 Å². The Morgan fingerprint density at radius 3 is 2.67 bits per heavy atom. The molecule has 3 N–H and O–H groups in total. The number of hydrogen-bond acceptors (Lipinski definition) is 3. The van der Waals surface area contributed by atoms with Gasteiger partial charge in [-0.25, -0.2) is 0 Å². The van der Waals surface area contributed by atoms with Crippen molar-refractivity contribution in [3.63, 3.8) is 0 Å². The van der Waals surface area contributed by atoms with Gasteiger partial charge in [-0.05, 0) is 29.7 Å². The highest BCUT2D eigenvalue weighted by Crippen LogP contribution is 2.30. The Bertz CT molecular complexity index is 827. The molecule has 0 bridgehead atoms. The lowest BCUT2D eigenvalue weighted by Crippen LogP contribution is -2.12. The third-order valence-corrected chi connectivity index (χ3v) is 3.73. The van der Waals surface area contributed by atoms with E-state index >= 15 is 0 Å². The minimum absolute atomic E-state index is 0.265. The zero-order valence-electron chi connectivity index (χ0n) is 11.0. The van der Waals surface area contributed by atoms with Gasteiger partial charge in [-0.1, -0.05) is 42.0 Å². The van der Waals surface area contributed by atoms with Gasteiger partial charge in [0, 0.05) is 23.5 Å². The van der Waals surface area contributed by atoms with Crippen molar-refractivity contribution >= 4 is 51.0 Å². The fourth-order valence-corrected chi connectivity index (χ4v) is 2.80. The van der Waals surface area contributed by atoms with E-state index in [9.17, 15) is 0 Å². The van der Waals surface area contributed by atoms with Crippen LogP contribution in [0.5, 0.6) is 0 Å². The molecule has 21 heavy (non-hydrogen) atoms. The normalized spacial score (nSPS) is 10.5. The van der Waals surface area contributed by atoms with Crippen LogP contribution in [0.4, 0.5) is 11.4 Å². The van der Waals surface area contributed by atoms with E-state index in [0.29, 0.717) is 10.6 Å². The highest BCUT2D eigenvalue weighted by atomic mass is 35.5. The average molecular weight is 314 g/mol. The van der Waals surface area contributed by atoms with Gasteiger partial charge in [0.2, 0.25) is 0 Å². The molecule has 104 valence electrons. The predicted octanol–water partition coefficient (Wildman–Crippen LogP) is 4.27. The molecule has 3 rings (SSSR count). The zero-order chi connectivity index (χ0) is 14.8. The summed E-state index contributed by atoms with van der Waals surface area (Å²) in [5.74, 6) is 0. The predicted molar refractivity (Wildman–Crippen MR) is 92.4 cm³/mol. The first-order valence-electron chi connectivity index (χ1n) is 6.35. The summed E-state index contributed by atoms with van der Waals surface area (Å²) < 4.78 is 0. The van der Waals surface area contributed by atoms with Gasteiger partial charge in [0.15, 0.2) is 0 Å². The summed E-state index contributed by atoms with van der Waals surface area (Å²) in [5, 5.41) is 6.01. The molecule has 3 nitrogen and oxygen atoms in total. The molecule has 0 radical (unpaired) electrons. The second-order valence-electron chi connectivity index (χ2n) is 4.55. The molecule has 0 aliphatic rings. The minimum Gasteiger partial charge on any atom is -0.389 e. The van der Waals surface area contributed by atoms with Gasteiger partial charge in [0.1, 0.15) is 4.99 Å². The summed E-state index contributed by atoms with van der Waals surface area (Å²) >= 11 is 11.3. The van der Waals surface area contributed by atoms with Crippen LogP contribution in [-0.2, 0) is 0 Å². The molecule has 2 aromatic carbocycles. The van der Waals surface area contributed by atoms with Crippen LogP contribution in [0.3, 0.4) is 0 Å². The van der Waals surface area contributed by atoms with E-state index in [1.807, 2.05) is 42.6 Å². The third kappa shape index (κ3) is 2.68. The molecule has 5 heteroatoms. The average Bonchev–Trinajstić information content (AvgIpc) is 2.47. The second-order valence-corrected chi connectivity index (χ2v) is 5.40. The van der Waals surface area contributed by atoms with E-state index in [1.165, 1.54) is 0 Å². The molecule has 0 aliphatic heterocycles. The van der Waals surface area contributed by atoms with Crippen LogP contribution in [-0.4, -0.2) is 9.97 Å². The lowest BCUT2D eigenvalue weighted by Gasteiger charge is -2.14. The molecule has 1 aromatic heterocycles.